The standard InChI is InChI=1S/C48H53F2N3O12S/c1-45-15-12-30(55)23-35(45)36(49)24-34-33-25-39-48(38(57)27-54,46(33,2)26-37(56)47(34,45)50)65-44(64-39)28-6-8-31(9-7-28)66-32-5-3-4-29(22-32)52-41(59)14-18-62-20-21-63-19-16-51-40(58)13-17-53-42(60)10-11-43(53)61/h3-12,15,22-23,33-34,36-37,39,44,54,56H,13-14,16-21,24-27H2,1-2H3,(H,51,58)(H,52,59)/t33-,34-,36-,37-,39+,44+,45-,46-,47-,48+/m0/s1. The van der Waals surface area contributed by atoms with Crippen molar-refractivity contribution in [2.45, 2.75) is 91.7 Å². The highest BCUT2D eigenvalue weighted by atomic mass is 32.2. The number of Topliss-reactive ketones (excluding diaryl/α,β-unsaturated/α-hetero) is 1. The number of fused-ring (bicyclic) bond motifs is 7. The van der Waals surface area contributed by atoms with Gasteiger partial charge in [-0.25, -0.2) is 8.78 Å². The van der Waals surface area contributed by atoms with E-state index >= 15 is 8.78 Å². The normalized spacial score (nSPS) is 33.0. The van der Waals surface area contributed by atoms with Crippen LogP contribution in [0, 0.1) is 22.7 Å². The fourth-order valence-electron chi connectivity index (χ4n) is 11.1. The number of imide groups is 1. The summed E-state index contributed by atoms with van der Waals surface area (Å²) in [7, 11) is 0. The minimum atomic E-state index is -2.34. The molecule has 4 N–H and O–H groups in total. The maximum absolute atomic E-state index is 17.7. The number of aliphatic hydroxyl groups excluding tert-OH is 2. The van der Waals surface area contributed by atoms with Gasteiger partial charge >= 0.3 is 0 Å². The van der Waals surface area contributed by atoms with Crippen LogP contribution in [0.4, 0.5) is 14.5 Å². The first-order chi connectivity index (χ1) is 31.5. The average molecular weight is 934 g/mol. The first-order valence-corrected chi connectivity index (χ1v) is 22.9. The molecule has 8 rings (SSSR count). The summed E-state index contributed by atoms with van der Waals surface area (Å²) in [6.45, 7) is 3.55. The van der Waals surface area contributed by atoms with Gasteiger partial charge in [-0.15, -0.1) is 0 Å². The predicted molar refractivity (Wildman–Crippen MR) is 233 cm³/mol. The number of carbonyl (C=O) groups excluding carboxylic acids is 6. The topological polar surface area (TPSA) is 207 Å². The van der Waals surface area contributed by atoms with E-state index in [2.05, 4.69) is 10.6 Å². The molecule has 2 heterocycles. The number of amides is 4. The van der Waals surface area contributed by atoms with Crippen molar-refractivity contribution < 1.29 is 66.7 Å². The van der Waals surface area contributed by atoms with Gasteiger partial charge in [-0.1, -0.05) is 43.0 Å². The molecule has 0 radical (unpaired) electrons. The van der Waals surface area contributed by atoms with Gasteiger partial charge in [0.2, 0.25) is 11.8 Å². The number of ether oxygens (including phenoxy) is 4. The summed E-state index contributed by atoms with van der Waals surface area (Å²) in [4.78, 5) is 76.6. The maximum Gasteiger partial charge on any atom is 0.253 e. The molecule has 66 heavy (non-hydrogen) atoms. The molecule has 0 unspecified atom stereocenters. The van der Waals surface area contributed by atoms with Crippen molar-refractivity contribution in [3.05, 3.63) is 90.0 Å². The summed E-state index contributed by atoms with van der Waals surface area (Å²) >= 11 is 1.45. The molecule has 0 spiro atoms. The van der Waals surface area contributed by atoms with Gasteiger partial charge in [0.05, 0.1) is 45.1 Å². The van der Waals surface area contributed by atoms with Crippen LogP contribution in [0.15, 0.2) is 94.3 Å². The van der Waals surface area contributed by atoms with Gasteiger partial charge in [-0.05, 0) is 80.2 Å². The monoisotopic (exact) mass is 933 g/mol. The molecule has 3 saturated carbocycles. The number of anilines is 1. The largest absolute Gasteiger partial charge is 0.390 e. The number of benzene rings is 2. The highest BCUT2D eigenvalue weighted by Gasteiger charge is 2.80. The van der Waals surface area contributed by atoms with Crippen LogP contribution in [0.2, 0.25) is 0 Å². The van der Waals surface area contributed by atoms with Crippen molar-refractivity contribution in [1.29, 1.82) is 0 Å². The van der Waals surface area contributed by atoms with Crippen LogP contribution in [0.25, 0.3) is 0 Å². The minimum absolute atomic E-state index is 0.00522. The average Bonchev–Trinajstić information content (AvgIpc) is 3.92. The number of aliphatic hydroxyl groups is 2. The van der Waals surface area contributed by atoms with E-state index < -0.39 is 88.6 Å². The Morgan fingerprint density at radius 3 is 2.36 bits per heavy atom. The van der Waals surface area contributed by atoms with Gasteiger partial charge in [-0.3, -0.25) is 33.7 Å². The lowest BCUT2D eigenvalue weighted by molar-refractivity contribution is -0.235. The molecule has 4 fully saturated rings. The molecule has 15 nitrogen and oxygen atoms in total. The number of halogens is 2. The molecule has 4 aliphatic carbocycles. The Balaban J connectivity index is 0.801. The second kappa shape index (κ2) is 19.0. The summed E-state index contributed by atoms with van der Waals surface area (Å²) < 4.78 is 57.7. The van der Waals surface area contributed by atoms with Crippen LogP contribution < -0.4 is 10.6 Å². The number of hydrogen-bond acceptors (Lipinski definition) is 13. The van der Waals surface area contributed by atoms with Crippen molar-refractivity contribution in [2.75, 3.05) is 51.4 Å². The number of ketones is 2. The molecule has 2 aromatic carbocycles. The second-order valence-corrected chi connectivity index (χ2v) is 19.1. The zero-order chi connectivity index (χ0) is 47.0. The van der Waals surface area contributed by atoms with E-state index in [9.17, 15) is 39.0 Å². The van der Waals surface area contributed by atoms with Gasteiger partial charge in [0.1, 0.15) is 12.8 Å². The number of nitrogens with zero attached hydrogens (tertiary/aromatic N) is 1. The molecule has 2 aromatic rings. The van der Waals surface area contributed by atoms with Crippen LogP contribution in [-0.2, 0) is 47.7 Å². The van der Waals surface area contributed by atoms with Crippen molar-refractivity contribution in [3.63, 3.8) is 0 Å². The molecule has 0 aromatic heterocycles. The van der Waals surface area contributed by atoms with E-state index in [0.717, 1.165) is 20.8 Å². The third-order valence-corrected chi connectivity index (χ3v) is 15.3. The van der Waals surface area contributed by atoms with Crippen LogP contribution >= 0.6 is 11.8 Å². The predicted octanol–water partition coefficient (Wildman–Crippen LogP) is 4.27. The van der Waals surface area contributed by atoms with E-state index in [1.807, 2.05) is 30.3 Å². The quantitative estimate of drug-likeness (QED) is 0.122. The van der Waals surface area contributed by atoms with Crippen molar-refractivity contribution in [2.24, 2.45) is 22.7 Å². The summed E-state index contributed by atoms with van der Waals surface area (Å²) in [6, 6.07) is 14.6. The fourth-order valence-corrected chi connectivity index (χ4v) is 12.0. The molecule has 2 aliphatic heterocycles. The van der Waals surface area contributed by atoms with Gasteiger partial charge in [-0.2, -0.15) is 0 Å². The van der Waals surface area contributed by atoms with Crippen LogP contribution in [0.5, 0.6) is 0 Å². The Morgan fingerprint density at radius 2 is 1.64 bits per heavy atom. The molecule has 4 amide bonds. The fraction of sp³-hybridized carbons (Fsp3) is 0.500. The lowest BCUT2D eigenvalue weighted by Crippen LogP contribution is -2.70. The smallest absolute Gasteiger partial charge is 0.253 e. The first-order valence-electron chi connectivity index (χ1n) is 22.1. The highest BCUT2D eigenvalue weighted by Crippen LogP contribution is 2.72. The van der Waals surface area contributed by atoms with Crippen LogP contribution in [0.3, 0.4) is 0 Å². The number of nitrogens with one attached hydrogen (secondary N) is 2. The van der Waals surface area contributed by atoms with Gasteiger partial charge < -0.3 is 39.8 Å². The van der Waals surface area contributed by atoms with Crippen molar-refractivity contribution in [3.8, 4) is 0 Å². The molecule has 18 heteroatoms. The molecule has 6 aliphatic rings. The van der Waals surface area contributed by atoms with E-state index in [4.69, 9.17) is 18.9 Å². The van der Waals surface area contributed by atoms with E-state index in [-0.39, 0.29) is 89.0 Å². The van der Waals surface area contributed by atoms with Crippen LogP contribution in [-0.4, -0.2) is 126 Å². The Kier molecular flexibility index (Phi) is 13.7. The second-order valence-electron chi connectivity index (χ2n) is 18.0. The number of alkyl halides is 2. The Labute approximate surface area is 384 Å². The molecule has 1 saturated heterocycles. The molecular formula is C48H53F2N3O12S. The molecular weight excluding hydrogens is 881 g/mol. The number of allylic oxidation sites excluding steroid dienone is 4. The molecule has 10 atom stereocenters. The Bertz CT molecular complexity index is 2340. The maximum atomic E-state index is 17.7. The zero-order valence-corrected chi connectivity index (χ0v) is 37.4. The van der Waals surface area contributed by atoms with Gasteiger partial charge in [0.25, 0.3) is 11.8 Å². The Morgan fingerprint density at radius 1 is 0.909 bits per heavy atom. The lowest BCUT2D eigenvalue weighted by atomic mass is 9.44. The van der Waals surface area contributed by atoms with E-state index in [1.54, 1.807) is 25.1 Å². The van der Waals surface area contributed by atoms with Crippen molar-refractivity contribution in [1.82, 2.24) is 10.2 Å². The van der Waals surface area contributed by atoms with E-state index in [0.29, 0.717) is 11.3 Å². The highest BCUT2D eigenvalue weighted by molar-refractivity contribution is 7.99. The zero-order valence-electron chi connectivity index (χ0n) is 36.5. The third kappa shape index (κ3) is 8.49. The third-order valence-electron chi connectivity index (χ3n) is 14.3. The van der Waals surface area contributed by atoms with Crippen molar-refractivity contribution >= 4 is 52.6 Å². The van der Waals surface area contributed by atoms with Gasteiger partial charge in [0.15, 0.2) is 29.1 Å². The summed E-state index contributed by atoms with van der Waals surface area (Å²) in [6.07, 6.45) is 0.556. The summed E-state index contributed by atoms with van der Waals surface area (Å²) in [5.41, 5.74) is -5.71. The first kappa shape index (κ1) is 47.5. The van der Waals surface area contributed by atoms with E-state index in [1.165, 1.54) is 43.0 Å². The molecule has 0 bridgehead atoms. The number of carbonyl (C=O) groups is 6. The summed E-state index contributed by atoms with van der Waals surface area (Å²) in [5, 5.41) is 27.6. The Hall–Kier alpha value is -4.95. The SMILES string of the molecule is C[C@]12C=CC(=O)C=C1[C@@H](F)C[C@H]1[C@@H]3C[C@H]4O[C@@H](c5ccc(Sc6cccc(NC(=O)CCOCCOCCNC(=O)CCN7C(=O)C=CC7=O)c6)cc5)O[C@@]4(C(=O)CO)[C@@]3(C)C[C@H](O)[C@@]12F. The number of hydrogen-bond donors (Lipinski definition) is 4. The minimum Gasteiger partial charge on any atom is -0.390 e. The van der Waals surface area contributed by atoms with Gasteiger partial charge in [0, 0.05) is 69.5 Å². The lowest BCUT2D eigenvalue weighted by Gasteiger charge is -2.63. The number of rotatable bonds is 18. The van der Waals surface area contributed by atoms with Crippen LogP contribution in [0.1, 0.15) is 57.8 Å². The molecule has 352 valence electrons. The summed E-state index contributed by atoms with van der Waals surface area (Å²) in [5.74, 6) is -4.21.